The van der Waals surface area contributed by atoms with Crippen molar-refractivity contribution in [2.45, 2.75) is 40.8 Å². The summed E-state index contributed by atoms with van der Waals surface area (Å²) in [7, 11) is 1.81. The van der Waals surface area contributed by atoms with Gasteiger partial charge in [0.05, 0.1) is 0 Å². The summed E-state index contributed by atoms with van der Waals surface area (Å²) in [5.41, 5.74) is 2.66. The molecule has 1 aromatic rings. The van der Waals surface area contributed by atoms with E-state index in [9.17, 15) is 0 Å². The maximum absolute atomic E-state index is 4.26. The molecule has 124 valence electrons. The van der Waals surface area contributed by atoms with Gasteiger partial charge in [-0.15, -0.1) is 0 Å². The Morgan fingerprint density at radius 3 is 2.41 bits per heavy atom. The van der Waals surface area contributed by atoms with Gasteiger partial charge in [-0.1, -0.05) is 52.0 Å². The van der Waals surface area contributed by atoms with Crippen molar-refractivity contribution in [3.8, 4) is 0 Å². The third-order valence-electron chi connectivity index (χ3n) is 3.65. The molecule has 0 atom stereocenters. The Morgan fingerprint density at radius 2 is 1.82 bits per heavy atom. The molecule has 0 unspecified atom stereocenters. The molecule has 0 radical (unpaired) electrons. The van der Waals surface area contributed by atoms with E-state index >= 15 is 0 Å². The summed E-state index contributed by atoms with van der Waals surface area (Å²) in [5, 5.41) is 6.71. The average molecular weight is 304 g/mol. The minimum atomic E-state index is 0.607. The normalized spacial score (nSPS) is 12.0. The van der Waals surface area contributed by atoms with E-state index < -0.39 is 0 Å². The summed E-state index contributed by atoms with van der Waals surface area (Å²) in [6.45, 7) is 13.7. The van der Waals surface area contributed by atoms with Crippen molar-refractivity contribution >= 4 is 5.96 Å². The van der Waals surface area contributed by atoms with Gasteiger partial charge in [0, 0.05) is 26.7 Å². The van der Waals surface area contributed by atoms with Crippen molar-refractivity contribution in [1.29, 1.82) is 0 Å². The van der Waals surface area contributed by atoms with Gasteiger partial charge in [0.2, 0.25) is 0 Å². The predicted octanol–water partition coefficient (Wildman–Crippen LogP) is 2.85. The molecule has 1 aromatic carbocycles. The fourth-order valence-corrected chi connectivity index (χ4v) is 2.25. The zero-order valence-corrected chi connectivity index (χ0v) is 14.8. The molecule has 0 aliphatic carbocycles. The number of nitrogens with one attached hydrogen (secondary N) is 2. The molecule has 0 heterocycles. The molecule has 22 heavy (non-hydrogen) atoms. The first-order chi connectivity index (χ1) is 10.6. The number of hydrogen-bond acceptors (Lipinski definition) is 2. The number of benzene rings is 1. The van der Waals surface area contributed by atoms with Gasteiger partial charge in [-0.05, 0) is 30.1 Å². The maximum Gasteiger partial charge on any atom is 0.191 e. The molecule has 4 nitrogen and oxygen atoms in total. The van der Waals surface area contributed by atoms with Gasteiger partial charge < -0.3 is 10.6 Å². The topological polar surface area (TPSA) is 39.7 Å². The van der Waals surface area contributed by atoms with Crippen molar-refractivity contribution in [3.63, 3.8) is 0 Å². The van der Waals surface area contributed by atoms with Crippen molar-refractivity contribution in [2.75, 3.05) is 26.7 Å². The van der Waals surface area contributed by atoms with Gasteiger partial charge in [0.25, 0.3) is 0 Å². The molecule has 0 aromatic heterocycles. The minimum Gasteiger partial charge on any atom is -0.356 e. The van der Waals surface area contributed by atoms with E-state index in [1.54, 1.807) is 0 Å². The predicted molar refractivity (Wildman–Crippen MR) is 96.1 cm³/mol. The average Bonchev–Trinajstić information content (AvgIpc) is 2.53. The highest BCUT2D eigenvalue weighted by Crippen LogP contribution is 2.08. The second-order valence-electron chi connectivity index (χ2n) is 5.98. The van der Waals surface area contributed by atoms with Gasteiger partial charge in [0.15, 0.2) is 5.96 Å². The number of rotatable bonds is 8. The number of aliphatic imine (C=N–C) groups is 1. The van der Waals surface area contributed by atoms with E-state index in [4.69, 9.17) is 0 Å². The molecule has 0 aliphatic rings. The second-order valence-corrected chi connectivity index (χ2v) is 5.98. The highest BCUT2D eigenvalue weighted by atomic mass is 15.2. The molecule has 1 rings (SSSR count). The lowest BCUT2D eigenvalue weighted by atomic mass is 10.1. The van der Waals surface area contributed by atoms with E-state index in [-0.39, 0.29) is 0 Å². The van der Waals surface area contributed by atoms with Gasteiger partial charge in [-0.3, -0.25) is 9.89 Å². The summed E-state index contributed by atoms with van der Waals surface area (Å²) in [4.78, 5) is 6.68. The first-order valence-electron chi connectivity index (χ1n) is 8.33. The Kier molecular flexibility index (Phi) is 8.60. The van der Waals surface area contributed by atoms with Crippen LogP contribution in [0.2, 0.25) is 0 Å². The Labute approximate surface area is 136 Å². The number of guanidine groups is 1. The molecule has 0 amide bonds. The first-order valence-corrected chi connectivity index (χ1v) is 8.33. The quantitative estimate of drug-likeness (QED) is 0.573. The largest absolute Gasteiger partial charge is 0.356 e. The summed E-state index contributed by atoms with van der Waals surface area (Å²) in [6, 6.07) is 8.78. The van der Waals surface area contributed by atoms with Crippen LogP contribution in [0.1, 0.15) is 38.8 Å². The molecule has 0 fully saturated rings. The van der Waals surface area contributed by atoms with Gasteiger partial charge >= 0.3 is 0 Å². The highest BCUT2D eigenvalue weighted by molar-refractivity contribution is 5.79. The van der Waals surface area contributed by atoms with E-state index in [2.05, 4.69) is 72.5 Å². The van der Waals surface area contributed by atoms with Crippen molar-refractivity contribution in [2.24, 2.45) is 10.9 Å². The van der Waals surface area contributed by atoms with E-state index in [0.29, 0.717) is 5.92 Å². The molecule has 0 spiro atoms. The standard InChI is InChI=1S/C18H32N4/c1-6-22(7-2)14-17-10-8-9-16(11-17)13-21-18(19-5)20-12-15(3)4/h8-11,15H,6-7,12-14H2,1-5H3,(H2,19,20,21). The monoisotopic (exact) mass is 304 g/mol. The van der Waals surface area contributed by atoms with Crippen molar-refractivity contribution in [3.05, 3.63) is 35.4 Å². The van der Waals surface area contributed by atoms with Crippen molar-refractivity contribution < 1.29 is 0 Å². The molecule has 0 saturated heterocycles. The molecular weight excluding hydrogens is 272 g/mol. The zero-order valence-electron chi connectivity index (χ0n) is 14.8. The van der Waals surface area contributed by atoms with Crippen LogP contribution in [0.15, 0.2) is 29.3 Å². The Morgan fingerprint density at radius 1 is 1.14 bits per heavy atom. The number of nitrogens with zero attached hydrogens (tertiary/aromatic N) is 2. The highest BCUT2D eigenvalue weighted by Gasteiger charge is 2.03. The van der Waals surface area contributed by atoms with Gasteiger partial charge in [-0.2, -0.15) is 0 Å². The van der Waals surface area contributed by atoms with Gasteiger partial charge in [-0.25, -0.2) is 0 Å². The van der Waals surface area contributed by atoms with Crippen LogP contribution in [0.3, 0.4) is 0 Å². The smallest absolute Gasteiger partial charge is 0.191 e. The summed E-state index contributed by atoms with van der Waals surface area (Å²) >= 11 is 0. The molecule has 0 bridgehead atoms. The Balaban J connectivity index is 2.55. The van der Waals surface area contributed by atoms with E-state index in [1.807, 2.05) is 7.05 Å². The van der Waals surface area contributed by atoms with Crippen LogP contribution < -0.4 is 10.6 Å². The van der Waals surface area contributed by atoms with E-state index in [1.165, 1.54) is 11.1 Å². The maximum atomic E-state index is 4.26. The SMILES string of the molecule is CCN(CC)Cc1cccc(CNC(=NC)NCC(C)C)c1. The van der Waals surface area contributed by atoms with Crippen LogP contribution in [0.25, 0.3) is 0 Å². The summed E-state index contributed by atoms with van der Waals surface area (Å²) in [6.07, 6.45) is 0. The van der Waals surface area contributed by atoms with Crippen LogP contribution in [0.4, 0.5) is 0 Å². The fraction of sp³-hybridized carbons (Fsp3) is 0.611. The molecule has 0 aliphatic heterocycles. The van der Waals surface area contributed by atoms with Crippen LogP contribution in [0.5, 0.6) is 0 Å². The zero-order chi connectivity index (χ0) is 16.4. The second kappa shape index (κ2) is 10.2. The first kappa shape index (κ1) is 18.5. The molecule has 0 saturated carbocycles. The fourth-order valence-electron chi connectivity index (χ4n) is 2.25. The molecule has 4 heteroatoms. The van der Waals surface area contributed by atoms with E-state index in [0.717, 1.165) is 38.7 Å². The lowest BCUT2D eigenvalue weighted by Crippen LogP contribution is -2.38. The van der Waals surface area contributed by atoms with Crippen molar-refractivity contribution in [1.82, 2.24) is 15.5 Å². The lowest BCUT2D eigenvalue weighted by Gasteiger charge is -2.18. The van der Waals surface area contributed by atoms with Crippen LogP contribution in [-0.4, -0.2) is 37.5 Å². The summed E-state index contributed by atoms with van der Waals surface area (Å²) in [5.74, 6) is 1.47. The van der Waals surface area contributed by atoms with Gasteiger partial charge in [0.1, 0.15) is 0 Å². The van der Waals surface area contributed by atoms with Crippen LogP contribution >= 0.6 is 0 Å². The third-order valence-corrected chi connectivity index (χ3v) is 3.65. The third kappa shape index (κ3) is 6.94. The number of hydrogen-bond donors (Lipinski definition) is 2. The Bertz CT molecular complexity index is 450. The summed E-state index contributed by atoms with van der Waals surface area (Å²) < 4.78 is 0. The lowest BCUT2D eigenvalue weighted by molar-refractivity contribution is 0.296. The molecule has 2 N–H and O–H groups in total. The van der Waals surface area contributed by atoms with Crippen LogP contribution in [0, 0.1) is 5.92 Å². The minimum absolute atomic E-state index is 0.607. The Hall–Kier alpha value is -1.55. The van der Waals surface area contributed by atoms with Crippen LogP contribution in [-0.2, 0) is 13.1 Å². The molecular formula is C18H32N4.